The molecule has 1 N–H and O–H groups in total. The van der Waals surface area contributed by atoms with Gasteiger partial charge in [-0.3, -0.25) is 9.48 Å². The number of nitrogens with one attached hydrogen (secondary N) is 1. The molecule has 0 aliphatic carbocycles. The van der Waals surface area contributed by atoms with Crippen LogP contribution >= 0.6 is 11.6 Å². The van der Waals surface area contributed by atoms with Gasteiger partial charge < -0.3 is 5.32 Å². The van der Waals surface area contributed by atoms with Gasteiger partial charge in [0, 0.05) is 10.6 Å². The molecule has 3 rings (SSSR count). The van der Waals surface area contributed by atoms with Crippen LogP contribution in [0.3, 0.4) is 0 Å². The van der Waals surface area contributed by atoms with Gasteiger partial charge in [-0.2, -0.15) is 5.10 Å². The number of rotatable bonds is 4. The fourth-order valence-corrected chi connectivity index (χ4v) is 2.81. The Morgan fingerprint density at radius 1 is 1.04 bits per heavy atom. The highest BCUT2D eigenvalue weighted by Crippen LogP contribution is 2.22. The third-order valence-electron chi connectivity index (χ3n) is 4.18. The molecule has 2 aromatic carbocycles. The van der Waals surface area contributed by atoms with Crippen molar-refractivity contribution in [3.8, 4) is 0 Å². The first-order valence-corrected chi connectivity index (χ1v) is 8.48. The molecule has 4 nitrogen and oxygen atoms in total. The van der Waals surface area contributed by atoms with Crippen LogP contribution in [0.15, 0.2) is 48.5 Å². The van der Waals surface area contributed by atoms with E-state index >= 15 is 0 Å². The fraction of sp³-hybridized carbons (Fsp3) is 0.200. The van der Waals surface area contributed by atoms with Crippen molar-refractivity contribution in [3.63, 3.8) is 0 Å². The van der Waals surface area contributed by atoms with Gasteiger partial charge in [-0.15, -0.1) is 0 Å². The van der Waals surface area contributed by atoms with E-state index in [0.717, 1.165) is 28.2 Å². The third-order valence-corrected chi connectivity index (χ3v) is 4.43. The van der Waals surface area contributed by atoms with Crippen LogP contribution in [0.4, 0.5) is 5.69 Å². The molecule has 0 atom stereocenters. The molecule has 128 valence electrons. The lowest BCUT2D eigenvalue weighted by Gasteiger charge is -2.08. The average molecular weight is 354 g/mol. The number of hydrogen-bond acceptors (Lipinski definition) is 2. The topological polar surface area (TPSA) is 46.9 Å². The van der Waals surface area contributed by atoms with E-state index in [2.05, 4.69) is 10.4 Å². The summed E-state index contributed by atoms with van der Waals surface area (Å²) in [6, 6.07) is 15.2. The Morgan fingerprint density at radius 3 is 2.32 bits per heavy atom. The average Bonchev–Trinajstić information content (AvgIpc) is 2.85. The summed E-state index contributed by atoms with van der Waals surface area (Å²) in [6.07, 6.45) is 0. The summed E-state index contributed by atoms with van der Waals surface area (Å²) < 4.78 is 1.89. The molecule has 1 aromatic heterocycles. The van der Waals surface area contributed by atoms with Gasteiger partial charge in [-0.1, -0.05) is 41.4 Å². The van der Waals surface area contributed by atoms with Gasteiger partial charge in [0.05, 0.1) is 23.6 Å². The van der Waals surface area contributed by atoms with E-state index in [9.17, 15) is 4.79 Å². The largest absolute Gasteiger partial charge is 0.319 e. The van der Waals surface area contributed by atoms with E-state index in [0.29, 0.717) is 17.1 Å². The molecule has 0 unspecified atom stereocenters. The van der Waals surface area contributed by atoms with E-state index in [4.69, 9.17) is 11.6 Å². The second kappa shape index (κ2) is 7.11. The Hall–Kier alpha value is -2.59. The number of halogens is 1. The van der Waals surface area contributed by atoms with Crippen LogP contribution in [-0.4, -0.2) is 15.7 Å². The van der Waals surface area contributed by atoms with Crippen molar-refractivity contribution in [1.29, 1.82) is 0 Å². The summed E-state index contributed by atoms with van der Waals surface area (Å²) in [5.74, 6) is -0.128. The molecule has 25 heavy (non-hydrogen) atoms. The number of anilines is 1. The Labute approximate surface area is 152 Å². The number of benzene rings is 2. The summed E-state index contributed by atoms with van der Waals surface area (Å²) >= 11 is 5.93. The van der Waals surface area contributed by atoms with Crippen molar-refractivity contribution in [3.05, 3.63) is 81.6 Å². The Morgan fingerprint density at radius 2 is 1.68 bits per heavy atom. The van der Waals surface area contributed by atoms with Crippen molar-refractivity contribution in [2.45, 2.75) is 27.3 Å². The highest BCUT2D eigenvalue weighted by Gasteiger charge is 2.15. The van der Waals surface area contributed by atoms with Crippen LogP contribution in [0.5, 0.6) is 0 Å². The van der Waals surface area contributed by atoms with Gasteiger partial charge in [0.2, 0.25) is 0 Å². The summed E-state index contributed by atoms with van der Waals surface area (Å²) in [6.45, 7) is 6.48. The predicted octanol–water partition coefficient (Wildman–Crippen LogP) is 4.76. The minimum absolute atomic E-state index is 0.128. The molecular weight excluding hydrogens is 334 g/mol. The quantitative estimate of drug-likeness (QED) is 0.734. The fourth-order valence-electron chi connectivity index (χ4n) is 2.69. The van der Waals surface area contributed by atoms with E-state index in [1.165, 1.54) is 0 Å². The maximum Gasteiger partial charge on any atom is 0.255 e. The van der Waals surface area contributed by atoms with Crippen molar-refractivity contribution in [1.82, 2.24) is 9.78 Å². The van der Waals surface area contributed by atoms with E-state index in [-0.39, 0.29) is 5.91 Å². The van der Waals surface area contributed by atoms with Crippen molar-refractivity contribution in [2.24, 2.45) is 0 Å². The summed E-state index contributed by atoms with van der Waals surface area (Å²) in [5, 5.41) is 8.26. The highest BCUT2D eigenvalue weighted by atomic mass is 35.5. The molecule has 5 heteroatoms. The van der Waals surface area contributed by atoms with Gasteiger partial charge in [0.1, 0.15) is 0 Å². The van der Waals surface area contributed by atoms with Gasteiger partial charge in [0.15, 0.2) is 0 Å². The minimum atomic E-state index is -0.128. The SMILES string of the molecule is Cc1ccc(C(=O)Nc2c(C)nn(Cc3ccc(Cl)cc3)c2C)cc1. The number of amides is 1. The van der Waals surface area contributed by atoms with Crippen LogP contribution in [-0.2, 0) is 6.54 Å². The van der Waals surface area contributed by atoms with Crippen LogP contribution in [0, 0.1) is 20.8 Å². The van der Waals surface area contributed by atoms with E-state index in [1.807, 2.05) is 74.0 Å². The highest BCUT2D eigenvalue weighted by molar-refractivity contribution is 6.30. The molecule has 0 aliphatic rings. The lowest BCUT2D eigenvalue weighted by Crippen LogP contribution is -2.13. The van der Waals surface area contributed by atoms with Gasteiger partial charge in [-0.25, -0.2) is 0 Å². The van der Waals surface area contributed by atoms with Crippen LogP contribution < -0.4 is 5.32 Å². The normalized spacial score (nSPS) is 10.7. The summed E-state index contributed by atoms with van der Waals surface area (Å²) in [4.78, 5) is 12.5. The summed E-state index contributed by atoms with van der Waals surface area (Å²) in [5.41, 5.74) is 5.35. The predicted molar refractivity (Wildman–Crippen MR) is 101 cm³/mol. The molecule has 0 radical (unpaired) electrons. The van der Waals surface area contributed by atoms with E-state index < -0.39 is 0 Å². The van der Waals surface area contributed by atoms with Crippen molar-refractivity contribution in [2.75, 3.05) is 5.32 Å². The molecule has 0 bridgehead atoms. The standard InChI is InChI=1S/C20H20ClN3O/c1-13-4-8-17(9-5-13)20(25)22-19-14(2)23-24(15(19)3)12-16-6-10-18(21)11-7-16/h4-11H,12H2,1-3H3,(H,22,25). The first-order valence-electron chi connectivity index (χ1n) is 8.10. The molecule has 3 aromatic rings. The van der Waals surface area contributed by atoms with Crippen LogP contribution in [0.1, 0.15) is 32.9 Å². The van der Waals surface area contributed by atoms with Gasteiger partial charge in [-0.05, 0) is 50.6 Å². The first-order chi connectivity index (χ1) is 11.9. The third kappa shape index (κ3) is 3.91. The molecule has 1 amide bonds. The number of hydrogen-bond donors (Lipinski definition) is 1. The maximum atomic E-state index is 12.5. The molecule has 0 saturated heterocycles. The Bertz CT molecular complexity index is 896. The maximum absolute atomic E-state index is 12.5. The molecule has 0 spiro atoms. The number of carbonyl (C=O) groups excluding carboxylic acids is 1. The molecular formula is C20H20ClN3O. The number of aryl methyl sites for hydroxylation is 2. The van der Waals surface area contributed by atoms with Gasteiger partial charge in [0.25, 0.3) is 5.91 Å². The van der Waals surface area contributed by atoms with Crippen molar-refractivity contribution < 1.29 is 4.79 Å². The molecule has 1 heterocycles. The summed E-state index contributed by atoms with van der Waals surface area (Å²) in [7, 11) is 0. The number of aromatic nitrogens is 2. The number of nitrogens with zero attached hydrogens (tertiary/aromatic N) is 2. The molecule has 0 fully saturated rings. The van der Waals surface area contributed by atoms with Crippen LogP contribution in [0.2, 0.25) is 5.02 Å². The zero-order valence-corrected chi connectivity index (χ0v) is 15.3. The molecule has 0 aliphatic heterocycles. The monoisotopic (exact) mass is 353 g/mol. The second-order valence-electron chi connectivity index (χ2n) is 6.15. The zero-order chi connectivity index (χ0) is 18.0. The van der Waals surface area contributed by atoms with Crippen molar-refractivity contribution >= 4 is 23.2 Å². The minimum Gasteiger partial charge on any atom is -0.319 e. The first kappa shape index (κ1) is 17.2. The van der Waals surface area contributed by atoms with E-state index in [1.54, 1.807) is 0 Å². The zero-order valence-electron chi connectivity index (χ0n) is 14.5. The lowest BCUT2D eigenvalue weighted by atomic mass is 10.1. The second-order valence-corrected chi connectivity index (χ2v) is 6.59. The number of carbonyl (C=O) groups is 1. The Kier molecular flexibility index (Phi) is 4.91. The smallest absolute Gasteiger partial charge is 0.255 e. The Balaban J connectivity index is 1.80. The lowest BCUT2D eigenvalue weighted by molar-refractivity contribution is 0.102. The van der Waals surface area contributed by atoms with Crippen LogP contribution in [0.25, 0.3) is 0 Å². The molecule has 0 saturated carbocycles. The van der Waals surface area contributed by atoms with Gasteiger partial charge >= 0.3 is 0 Å².